The Bertz CT molecular complexity index is 1030. The molecule has 154 valence electrons. The number of methoxy groups -OCH3 is 1. The van der Waals surface area contributed by atoms with Crippen LogP contribution < -0.4 is 18.9 Å². The second-order valence-corrected chi connectivity index (χ2v) is 7.19. The molecule has 0 saturated carbocycles. The molecule has 0 aliphatic carbocycles. The van der Waals surface area contributed by atoms with Gasteiger partial charge in [0.15, 0.2) is 0 Å². The molecule has 4 rings (SSSR count). The fourth-order valence-electron chi connectivity index (χ4n) is 3.59. The molecular formula is C25H24O5. The van der Waals surface area contributed by atoms with Gasteiger partial charge in [-0.25, -0.2) is 0 Å². The Morgan fingerprint density at radius 1 is 1.03 bits per heavy atom. The van der Waals surface area contributed by atoms with Crippen LogP contribution in [0.1, 0.15) is 36.1 Å². The van der Waals surface area contributed by atoms with Crippen LogP contribution in [0.3, 0.4) is 0 Å². The summed E-state index contributed by atoms with van der Waals surface area (Å²) in [6.07, 6.45) is 1.58. The monoisotopic (exact) mass is 404 g/mol. The summed E-state index contributed by atoms with van der Waals surface area (Å²) in [5.41, 5.74) is 3.20. The smallest absolute Gasteiger partial charge is 0.308 e. The molecule has 0 spiro atoms. The minimum absolute atomic E-state index is 0.150. The van der Waals surface area contributed by atoms with Crippen LogP contribution in [-0.2, 0) is 17.8 Å². The predicted molar refractivity (Wildman–Crippen MR) is 113 cm³/mol. The van der Waals surface area contributed by atoms with Crippen molar-refractivity contribution in [1.82, 2.24) is 0 Å². The van der Waals surface area contributed by atoms with Crippen LogP contribution in [0.15, 0.2) is 66.7 Å². The molecule has 5 nitrogen and oxygen atoms in total. The summed E-state index contributed by atoms with van der Waals surface area (Å²) in [6.45, 7) is 1.88. The Balaban J connectivity index is 1.50. The van der Waals surface area contributed by atoms with Crippen molar-refractivity contribution in [2.75, 3.05) is 7.11 Å². The molecule has 0 aromatic heterocycles. The topological polar surface area (TPSA) is 54.0 Å². The third-order valence-electron chi connectivity index (χ3n) is 5.05. The Morgan fingerprint density at radius 3 is 2.60 bits per heavy atom. The van der Waals surface area contributed by atoms with E-state index in [4.69, 9.17) is 18.9 Å². The Hall–Kier alpha value is -3.47. The standard InChI is InChI=1S/C25H24O5/c1-17(26)29-21-11-12-22(25(15-21)27-2)23-13-9-19-8-10-20(14-24(19)30-23)28-16-18-6-4-3-5-7-18/h3-8,10-12,14-15,23H,9,13,16H2,1-2H3. The van der Waals surface area contributed by atoms with E-state index >= 15 is 0 Å². The van der Waals surface area contributed by atoms with Gasteiger partial charge in [0.05, 0.1) is 7.11 Å². The number of fused-ring (bicyclic) bond motifs is 1. The maximum atomic E-state index is 11.2. The minimum Gasteiger partial charge on any atom is -0.496 e. The average molecular weight is 404 g/mol. The zero-order chi connectivity index (χ0) is 20.9. The summed E-state index contributed by atoms with van der Waals surface area (Å²) in [5.74, 6) is 2.32. The molecule has 1 aliphatic rings. The number of rotatable bonds is 6. The number of carbonyl (C=O) groups excluding carboxylic acids is 1. The molecular weight excluding hydrogens is 380 g/mol. The van der Waals surface area contributed by atoms with E-state index in [2.05, 4.69) is 6.07 Å². The van der Waals surface area contributed by atoms with Crippen molar-refractivity contribution in [3.8, 4) is 23.0 Å². The zero-order valence-corrected chi connectivity index (χ0v) is 17.1. The normalized spacial score (nSPS) is 14.9. The van der Waals surface area contributed by atoms with Crippen LogP contribution in [-0.4, -0.2) is 13.1 Å². The van der Waals surface area contributed by atoms with Gasteiger partial charge in [0.1, 0.15) is 35.7 Å². The molecule has 0 amide bonds. The van der Waals surface area contributed by atoms with Crippen LogP contribution in [0.4, 0.5) is 0 Å². The summed E-state index contributed by atoms with van der Waals surface area (Å²) < 4.78 is 22.9. The van der Waals surface area contributed by atoms with Crippen LogP contribution in [0.25, 0.3) is 0 Å². The summed E-state index contributed by atoms with van der Waals surface area (Å²) >= 11 is 0. The summed E-state index contributed by atoms with van der Waals surface area (Å²) in [4.78, 5) is 11.2. The Labute approximate surface area is 176 Å². The Kier molecular flexibility index (Phi) is 5.89. The van der Waals surface area contributed by atoms with E-state index < -0.39 is 0 Å². The number of esters is 1. The van der Waals surface area contributed by atoms with Crippen molar-refractivity contribution < 1.29 is 23.7 Å². The molecule has 0 saturated heterocycles. The molecule has 0 radical (unpaired) electrons. The molecule has 0 N–H and O–H groups in total. The molecule has 0 bridgehead atoms. The number of carbonyl (C=O) groups is 1. The first-order chi connectivity index (χ1) is 14.6. The lowest BCUT2D eigenvalue weighted by Crippen LogP contribution is -2.16. The molecule has 3 aromatic rings. The van der Waals surface area contributed by atoms with Crippen molar-refractivity contribution in [2.24, 2.45) is 0 Å². The van der Waals surface area contributed by atoms with Gasteiger partial charge < -0.3 is 18.9 Å². The van der Waals surface area contributed by atoms with Gasteiger partial charge in [-0.15, -0.1) is 0 Å². The summed E-state index contributed by atoms with van der Waals surface area (Å²) in [7, 11) is 1.60. The maximum Gasteiger partial charge on any atom is 0.308 e. The van der Waals surface area contributed by atoms with Crippen molar-refractivity contribution in [2.45, 2.75) is 32.5 Å². The third kappa shape index (κ3) is 4.57. The highest BCUT2D eigenvalue weighted by Crippen LogP contribution is 2.40. The second-order valence-electron chi connectivity index (χ2n) is 7.19. The van der Waals surface area contributed by atoms with E-state index in [0.717, 1.165) is 41.0 Å². The third-order valence-corrected chi connectivity index (χ3v) is 5.05. The lowest BCUT2D eigenvalue weighted by atomic mass is 9.96. The van der Waals surface area contributed by atoms with E-state index in [-0.39, 0.29) is 12.1 Å². The SMILES string of the molecule is COc1cc(OC(C)=O)ccc1C1CCc2ccc(OCc3ccccc3)cc2O1. The lowest BCUT2D eigenvalue weighted by molar-refractivity contribution is -0.131. The lowest BCUT2D eigenvalue weighted by Gasteiger charge is -2.28. The molecule has 1 heterocycles. The van der Waals surface area contributed by atoms with E-state index in [1.165, 1.54) is 6.92 Å². The number of ether oxygens (including phenoxy) is 4. The van der Waals surface area contributed by atoms with Gasteiger partial charge in [-0.3, -0.25) is 4.79 Å². The van der Waals surface area contributed by atoms with E-state index in [9.17, 15) is 4.79 Å². The Morgan fingerprint density at radius 2 is 1.83 bits per heavy atom. The fourth-order valence-corrected chi connectivity index (χ4v) is 3.59. The van der Waals surface area contributed by atoms with Crippen LogP contribution in [0.5, 0.6) is 23.0 Å². The van der Waals surface area contributed by atoms with Crippen LogP contribution in [0, 0.1) is 0 Å². The molecule has 1 atom stereocenters. The van der Waals surface area contributed by atoms with Crippen molar-refractivity contribution >= 4 is 5.97 Å². The van der Waals surface area contributed by atoms with Crippen LogP contribution in [0.2, 0.25) is 0 Å². The minimum atomic E-state index is -0.365. The van der Waals surface area contributed by atoms with Crippen molar-refractivity contribution in [3.63, 3.8) is 0 Å². The first-order valence-corrected chi connectivity index (χ1v) is 9.95. The van der Waals surface area contributed by atoms with E-state index in [1.807, 2.05) is 48.5 Å². The van der Waals surface area contributed by atoms with Gasteiger partial charge in [-0.1, -0.05) is 36.4 Å². The average Bonchev–Trinajstić information content (AvgIpc) is 2.77. The largest absolute Gasteiger partial charge is 0.496 e. The van der Waals surface area contributed by atoms with Gasteiger partial charge in [0.25, 0.3) is 0 Å². The highest BCUT2D eigenvalue weighted by Gasteiger charge is 2.25. The summed E-state index contributed by atoms with van der Waals surface area (Å²) in [6, 6.07) is 21.4. The molecule has 3 aromatic carbocycles. The molecule has 5 heteroatoms. The van der Waals surface area contributed by atoms with Gasteiger partial charge in [0.2, 0.25) is 0 Å². The van der Waals surface area contributed by atoms with Gasteiger partial charge >= 0.3 is 5.97 Å². The number of hydrogen-bond acceptors (Lipinski definition) is 5. The van der Waals surface area contributed by atoms with Crippen LogP contribution >= 0.6 is 0 Å². The fraction of sp³-hybridized carbons (Fsp3) is 0.240. The predicted octanol–water partition coefficient (Wildman–Crippen LogP) is 5.27. The first-order valence-electron chi connectivity index (χ1n) is 9.95. The van der Waals surface area contributed by atoms with Gasteiger partial charge in [-0.2, -0.15) is 0 Å². The van der Waals surface area contributed by atoms with Gasteiger partial charge in [0, 0.05) is 24.6 Å². The van der Waals surface area contributed by atoms with Gasteiger partial charge in [-0.05, 0) is 42.2 Å². The molecule has 1 unspecified atom stereocenters. The van der Waals surface area contributed by atoms with Crippen molar-refractivity contribution in [1.29, 1.82) is 0 Å². The highest BCUT2D eigenvalue weighted by atomic mass is 16.5. The zero-order valence-electron chi connectivity index (χ0n) is 17.1. The van der Waals surface area contributed by atoms with E-state index in [0.29, 0.717) is 18.1 Å². The second kappa shape index (κ2) is 8.91. The van der Waals surface area contributed by atoms with E-state index in [1.54, 1.807) is 19.2 Å². The number of hydrogen-bond donors (Lipinski definition) is 0. The highest BCUT2D eigenvalue weighted by molar-refractivity contribution is 5.69. The maximum absolute atomic E-state index is 11.2. The molecule has 0 fully saturated rings. The van der Waals surface area contributed by atoms with Crippen molar-refractivity contribution in [3.05, 3.63) is 83.4 Å². The quantitative estimate of drug-likeness (QED) is 0.414. The molecule has 30 heavy (non-hydrogen) atoms. The summed E-state index contributed by atoms with van der Waals surface area (Å²) in [5, 5.41) is 0. The molecule has 1 aliphatic heterocycles. The first kappa shape index (κ1) is 19.8. The number of aryl methyl sites for hydroxylation is 1. The number of benzene rings is 3.